The van der Waals surface area contributed by atoms with Gasteiger partial charge in [0.05, 0.1) is 14.2 Å². The lowest BCUT2D eigenvalue weighted by molar-refractivity contribution is -0.121. The van der Waals surface area contributed by atoms with Crippen LogP contribution in [0.2, 0.25) is 0 Å². The molecule has 0 aliphatic heterocycles. The predicted molar refractivity (Wildman–Crippen MR) is 79.4 cm³/mol. The summed E-state index contributed by atoms with van der Waals surface area (Å²) in [4.78, 5) is 11.7. The van der Waals surface area contributed by atoms with Crippen molar-refractivity contribution < 1.29 is 14.3 Å². The first kappa shape index (κ1) is 16.3. The lowest BCUT2D eigenvalue weighted by atomic mass is 10.1. The Labute approximate surface area is 120 Å². The number of benzene rings is 1. The molecular formula is C15H24N2O3. The molecule has 0 bridgehead atoms. The van der Waals surface area contributed by atoms with Crippen LogP contribution in [0, 0.1) is 0 Å². The minimum Gasteiger partial charge on any atom is -0.497 e. The van der Waals surface area contributed by atoms with E-state index in [1.807, 2.05) is 25.1 Å². The highest BCUT2D eigenvalue weighted by atomic mass is 16.5. The Bertz CT molecular complexity index is 399. The SMILES string of the molecule is CCNCCNC(=O)CCc1cc(OC)cc(OC)c1. The van der Waals surface area contributed by atoms with E-state index in [2.05, 4.69) is 10.6 Å². The van der Waals surface area contributed by atoms with Crippen molar-refractivity contribution in [3.63, 3.8) is 0 Å². The van der Waals surface area contributed by atoms with Gasteiger partial charge in [-0.15, -0.1) is 0 Å². The van der Waals surface area contributed by atoms with E-state index in [9.17, 15) is 4.79 Å². The number of hydrogen-bond donors (Lipinski definition) is 2. The minimum atomic E-state index is 0.0599. The van der Waals surface area contributed by atoms with Gasteiger partial charge in [-0.3, -0.25) is 4.79 Å². The van der Waals surface area contributed by atoms with Crippen LogP contribution in [-0.4, -0.2) is 39.8 Å². The Morgan fingerprint density at radius 2 is 1.75 bits per heavy atom. The van der Waals surface area contributed by atoms with Crippen molar-refractivity contribution in [1.82, 2.24) is 10.6 Å². The first-order valence-corrected chi connectivity index (χ1v) is 6.89. The molecule has 0 atom stereocenters. The molecule has 5 heteroatoms. The maximum absolute atomic E-state index is 11.7. The number of rotatable bonds is 9. The molecule has 0 radical (unpaired) electrons. The van der Waals surface area contributed by atoms with Crippen LogP contribution in [0.1, 0.15) is 18.9 Å². The number of likely N-dealkylation sites (N-methyl/N-ethyl adjacent to an activating group) is 1. The van der Waals surface area contributed by atoms with Crippen molar-refractivity contribution in [2.24, 2.45) is 0 Å². The van der Waals surface area contributed by atoms with Crippen molar-refractivity contribution >= 4 is 5.91 Å². The number of hydrogen-bond acceptors (Lipinski definition) is 4. The maximum Gasteiger partial charge on any atom is 0.220 e. The van der Waals surface area contributed by atoms with E-state index in [4.69, 9.17) is 9.47 Å². The number of methoxy groups -OCH3 is 2. The molecular weight excluding hydrogens is 256 g/mol. The van der Waals surface area contributed by atoms with E-state index in [1.165, 1.54) is 0 Å². The van der Waals surface area contributed by atoms with Gasteiger partial charge in [0.15, 0.2) is 0 Å². The summed E-state index contributed by atoms with van der Waals surface area (Å²) in [5.41, 5.74) is 1.03. The molecule has 1 rings (SSSR count). The molecule has 1 aromatic carbocycles. The molecule has 1 amide bonds. The minimum absolute atomic E-state index is 0.0599. The fourth-order valence-electron chi connectivity index (χ4n) is 1.82. The lowest BCUT2D eigenvalue weighted by Gasteiger charge is -2.09. The summed E-state index contributed by atoms with van der Waals surface area (Å²) in [5.74, 6) is 1.54. The van der Waals surface area contributed by atoms with Crippen LogP contribution >= 0.6 is 0 Å². The zero-order valence-electron chi connectivity index (χ0n) is 12.5. The van der Waals surface area contributed by atoms with Gasteiger partial charge in [0, 0.05) is 25.6 Å². The second-order valence-electron chi connectivity index (χ2n) is 4.42. The Kier molecular flexibility index (Phi) is 7.50. The van der Waals surface area contributed by atoms with Gasteiger partial charge in [-0.05, 0) is 30.7 Å². The van der Waals surface area contributed by atoms with Crippen molar-refractivity contribution in [3.05, 3.63) is 23.8 Å². The Hall–Kier alpha value is -1.75. The molecule has 5 nitrogen and oxygen atoms in total. The van der Waals surface area contributed by atoms with Crippen molar-refractivity contribution in [3.8, 4) is 11.5 Å². The molecule has 0 saturated carbocycles. The van der Waals surface area contributed by atoms with Gasteiger partial charge < -0.3 is 20.1 Å². The standard InChI is InChI=1S/C15H24N2O3/c1-4-16-7-8-17-15(18)6-5-12-9-13(19-2)11-14(10-12)20-3/h9-11,16H,4-8H2,1-3H3,(H,17,18). The molecule has 0 saturated heterocycles. The number of ether oxygens (including phenoxy) is 2. The number of amides is 1. The third-order valence-corrected chi connectivity index (χ3v) is 2.93. The van der Waals surface area contributed by atoms with E-state index in [1.54, 1.807) is 14.2 Å². The second-order valence-corrected chi connectivity index (χ2v) is 4.42. The van der Waals surface area contributed by atoms with Crippen molar-refractivity contribution in [1.29, 1.82) is 0 Å². The summed E-state index contributed by atoms with van der Waals surface area (Å²) in [6, 6.07) is 5.67. The highest BCUT2D eigenvalue weighted by molar-refractivity contribution is 5.76. The summed E-state index contributed by atoms with van der Waals surface area (Å²) in [6.45, 7) is 4.42. The summed E-state index contributed by atoms with van der Waals surface area (Å²) < 4.78 is 10.4. The Balaban J connectivity index is 2.42. The van der Waals surface area contributed by atoms with Crippen LogP contribution in [0.4, 0.5) is 0 Å². The van der Waals surface area contributed by atoms with Gasteiger partial charge in [0.25, 0.3) is 0 Å². The monoisotopic (exact) mass is 280 g/mol. The second kappa shape index (κ2) is 9.20. The summed E-state index contributed by atoms with van der Waals surface area (Å²) in [6.07, 6.45) is 1.13. The van der Waals surface area contributed by atoms with Crippen LogP contribution in [0.25, 0.3) is 0 Å². The average molecular weight is 280 g/mol. The summed E-state index contributed by atoms with van der Waals surface area (Å²) >= 11 is 0. The Morgan fingerprint density at radius 1 is 1.10 bits per heavy atom. The molecule has 20 heavy (non-hydrogen) atoms. The smallest absolute Gasteiger partial charge is 0.220 e. The van der Waals surface area contributed by atoms with E-state index in [0.29, 0.717) is 19.4 Å². The molecule has 0 heterocycles. The van der Waals surface area contributed by atoms with E-state index >= 15 is 0 Å². The molecule has 112 valence electrons. The zero-order valence-corrected chi connectivity index (χ0v) is 12.5. The first-order chi connectivity index (χ1) is 9.69. The molecule has 0 aliphatic rings. The molecule has 2 N–H and O–H groups in total. The van der Waals surface area contributed by atoms with Crippen LogP contribution < -0.4 is 20.1 Å². The number of carbonyl (C=O) groups is 1. The molecule has 0 spiro atoms. The molecule has 0 aliphatic carbocycles. The molecule has 0 unspecified atom stereocenters. The van der Waals surface area contributed by atoms with E-state index < -0.39 is 0 Å². The van der Waals surface area contributed by atoms with Gasteiger partial charge in [-0.25, -0.2) is 0 Å². The van der Waals surface area contributed by atoms with Crippen molar-refractivity contribution in [2.75, 3.05) is 33.9 Å². The first-order valence-electron chi connectivity index (χ1n) is 6.89. The number of carbonyl (C=O) groups excluding carboxylic acids is 1. The summed E-state index contributed by atoms with van der Waals surface area (Å²) in [7, 11) is 3.23. The number of nitrogens with one attached hydrogen (secondary N) is 2. The lowest BCUT2D eigenvalue weighted by Crippen LogP contribution is -2.31. The normalized spacial score (nSPS) is 10.2. The zero-order chi connectivity index (χ0) is 14.8. The topological polar surface area (TPSA) is 59.6 Å². The van der Waals surface area contributed by atoms with Crippen LogP contribution in [0.3, 0.4) is 0 Å². The number of aryl methyl sites for hydroxylation is 1. The highest BCUT2D eigenvalue weighted by Gasteiger charge is 2.05. The molecule has 1 aromatic rings. The van der Waals surface area contributed by atoms with E-state index in [-0.39, 0.29) is 5.91 Å². The fourth-order valence-corrected chi connectivity index (χ4v) is 1.82. The maximum atomic E-state index is 11.7. The molecule has 0 aromatic heterocycles. The highest BCUT2D eigenvalue weighted by Crippen LogP contribution is 2.23. The van der Waals surface area contributed by atoms with E-state index in [0.717, 1.165) is 30.2 Å². The molecule has 0 fully saturated rings. The van der Waals surface area contributed by atoms with Crippen LogP contribution in [-0.2, 0) is 11.2 Å². The van der Waals surface area contributed by atoms with Gasteiger partial charge in [-0.1, -0.05) is 6.92 Å². The average Bonchev–Trinajstić information content (AvgIpc) is 2.49. The van der Waals surface area contributed by atoms with Gasteiger partial charge >= 0.3 is 0 Å². The summed E-state index contributed by atoms with van der Waals surface area (Å²) in [5, 5.41) is 6.04. The van der Waals surface area contributed by atoms with Crippen LogP contribution in [0.5, 0.6) is 11.5 Å². The van der Waals surface area contributed by atoms with Gasteiger partial charge in [0.2, 0.25) is 5.91 Å². The Morgan fingerprint density at radius 3 is 2.30 bits per heavy atom. The predicted octanol–water partition coefficient (Wildman–Crippen LogP) is 1.36. The van der Waals surface area contributed by atoms with Crippen LogP contribution in [0.15, 0.2) is 18.2 Å². The van der Waals surface area contributed by atoms with Gasteiger partial charge in [0.1, 0.15) is 11.5 Å². The third kappa shape index (κ3) is 5.93. The third-order valence-electron chi connectivity index (χ3n) is 2.93. The van der Waals surface area contributed by atoms with Gasteiger partial charge in [-0.2, -0.15) is 0 Å². The van der Waals surface area contributed by atoms with Crippen molar-refractivity contribution in [2.45, 2.75) is 19.8 Å². The fraction of sp³-hybridized carbons (Fsp3) is 0.533. The quantitative estimate of drug-likeness (QED) is 0.671. The largest absolute Gasteiger partial charge is 0.497 e.